The fourth-order valence-corrected chi connectivity index (χ4v) is 6.33. The number of hydrogen-bond acceptors (Lipinski definition) is 4. The maximum Gasteiger partial charge on any atom is 0.193 e. The number of hydrogen-bond donors (Lipinski definition) is 2. The summed E-state index contributed by atoms with van der Waals surface area (Å²) < 4.78 is 24.9. The van der Waals surface area contributed by atoms with E-state index in [1.54, 1.807) is 7.05 Å². The summed E-state index contributed by atoms with van der Waals surface area (Å²) in [6.45, 7) is 1.64. The van der Waals surface area contributed by atoms with Crippen molar-refractivity contribution in [1.29, 1.82) is 0 Å². The van der Waals surface area contributed by atoms with Crippen LogP contribution in [0.25, 0.3) is 0 Å². The predicted octanol–water partition coefficient (Wildman–Crippen LogP) is 2.31. The van der Waals surface area contributed by atoms with Crippen molar-refractivity contribution in [3.8, 4) is 0 Å². The second-order valence-corrected chi connectivity index (χ2v) is 9.87. The topological polar surface area (TPSA) is 82.0 Å². The molecule has 2 aliphatic rings. The van der Waals surface area contributed by atoms with Gasteiger partial charge in [0.2, 0.25) is 0 Å². The fraction of sp³-hybridized carbons (Fsp3) is 0.632. The Labute approximate surface area is 179 Å². The molecule has 27 heavy (non-hydrogen) atoms. The first kappa shape index (κ1) is 22.4. The van der Waals surface area contributed by atoms with Crippen molar-refractivity contribution in [3.05, 3.63) is 35.4 Å². The lowest BCUT2D eigenvalue weighted by Crippen LogP contribution is -2.60. The Kier molecular flexibility index (Phi) is 7.94. The maximum absolute atomic E-state index is 12.8. The summed E-state index contributed by atoms with van der Waals surface area (Å²) in [6.07, 6.45) is 4.65. The Morgan fingerprint density at radius 3 is 2.63 bits per heavy atom. The average molecular weight is 507 g/mol. The largest absolute Gasteiger partial charge is 0.392 e. The molecular formula is C19H30IN3O3S. The first-order valence-electron chi connectivity index (χ1n) is 9.36. The Balaban J connectivity index is 0.00000261. The molecule has 3 rings (SSSR count). The molecule has 0 radical (unpaired) electrons. The van der Waals surface area contributed by atoms with Crippen LogP contribution < -0.4 is 5.32 Å². The van der Waals surface area contributed by atoms with Crippen LogP contribution in [0.4, 0.5) is 0 Å². The summed E-state index contributed by atoms with van der Waals surface area (Å²) in [5.74, 6) is 0.951. The van der Waals surface area contributed by atoms with Crippen molar-refractivity contribution < 1.29 is 13.5 Å². The van der Waals surface area contributed by atoms with Crippen LogP contribution >= 0.6 is 24.0 Å². The van der Waals surface area contributed by atoms with Gasteiger partial charge in [-0.25, -0.2) is 8.42 Å². The lowest BCUT2D eigenvalue weighted by molar-refractivity contribution is 0.274. The van der Waals surface area contributed by atoms with Crippen molar-refractivity contribution in [2.75, 3.05) is 25.9 Å². The quantitative estimate of drug-likeness (QED) is 0.373. The number of aliphatic imine (C=N–C) groups is 1. The van der Waals surface area contributed by atoms with Gasteiger partial charge in [-0.3, -0.25) is 4.99 Å². The highest BCUT2D eigenvalue weighted by molar-refractivity contribution is 14.0. The van der Waals surface area contributed by atoms with E-state index in [1.165, 1.54) is 0 Å². The molecule has 0 unspecified atom stereocenters. The van der Waals surface area contributed by atoms with Gasteiger partial charge in [-0.1, -0.05) is 43.5 Å². The standard InChI is InChI=1S/C19H29N3O3S.HI/c1-20-18(21-13-16-6-5-7-17(12-16)14-23)22-10-11-26(24,25)19(15-22)8-3-2-4-9-19;/h5-7,12,23H,2-4,8-11,13-15H2,1H3,(H,20,21);1H. The Hall–Kier alpha value is -0.870. The summed E-state index contributed by atoms with van der Waals surface area (Å²) in [4.78, 5) is 6.48. The molecule has 0 amide bonds. The summed E-state index contributed by atoms with van der Waals surface area (Å²) >= 11 is 0. The van der Waals surface area contributed by atoms with Gasteiger partial charge in [-0.15, -0.1) is 24.0 Å². The van der Waals surface area contributed by atoms with Gasteiger partial charge >= 0.3 is 0 Å². The molecule has 8 heteroatoms. The molecule has 6 nitrogen and oxygen atoms in total. The van der Waals surface area contributed by atoms with Gasteiger partial charge in [0.05, 0.1) is 17.1 Å². The van der Waals surface area contributed by atoms with Gasteiger partial charge in [0.15, 0.2) is 15.8 Å². The molecule has 1 aliphatic heterocycles. The van der Waals surface area contributed by atoms with Crippen LogP contribution in [0.2, 0.25) is 0 Å². The lowest BCUT2D eigenvalue weighted by atomic mass is 9.87. The predicted molar refractivity (Wildman–Crippen MR) is 119 cm³/mol. The average Bonchev–Trinajstić information content (AvgIpc) is 2.66. The minimum atomic E-state index is -3.05. The Morgan fingerprint density at radius 1 is 1.26 bits per heavy atom. The van der Waals surface area contributed by atoms with Crippen LogP contribution in [-0.2, 0) is 23.0 Å². The van der Waals surface area contributed by atoms with Gasteiger partial charge in [-0.2, -0.15) is 0 Å². The molecule has 2 N–H and O–H groups in total. The van der Waals surface area contributed by atoms with Crippen molar-refractivity contribution >= 4 is 39.8 Å². The van der Waals surface area contributed by atoms with Crippen LogP contribution in [-0.4, -0.2) is 55.0 Å². The number of nitrogens with zero attached hydrogens (tertiary/aromatic N) is 2. The van der Waals surface area contributed by atoms with E-state index in [9.17, 15) is 13.5 Å². The molecule has 1 heterocycles. The highest BCUT2D eigenvalue weighted by Crippen LogP contribution is 2.38. The fourth-order valence-electron chi connectivity index (χ4n) is 4.17. The number of rotatable bonds is 3. The molecule has 1 spiro atoms. The van der Waals surface area contributed by atoms with Crippen molar-refractivity contribution in [3.63, 3.8) is 0 Å². The number of guanidine groups is 1. The molecule has 0 aromatic heterocycles. The van der Waals surface area contributed by atoms with E-state index < -0.39 is 14.6 Å². The van der Waals surface area contributed by atoms with Gasteiger partial charge in [0.25, 0.3) is 0 Å². The molecule has 2 fully saturated rings. The Morgan fingerprint density at radius 2 is 1.96 bits per heavy atom. The van der Waals surface area contributed by atoms with Gasteiger partial charge < -0.3 is 15.3 Å². The number of sulfone groups is 1. The zero-order valence-corrected chi connectivity index (χ0v) is 19.0. The van der Waals surface area contributed by atoms with Crippen LogP contribution in [0, 0.1) is 0 Å². The van der Waals surface area contributed by atoms with Crippen molar-refractivity contribution in [2.24, 2.45) is 4.99 Å². The molecule has 152 valence electrons. The molecule has 0 atom stereocenters. The van der Waals surface area contributed by atoms with E-state index >= 15 is 0 Å². The molecule has 1 aliphatic carbocycles. The van der Waals surface area contributed by atoms with Crippen LogP contribution in [0.3, 0.4) is 0 Å². The normalized spacial score (nSPS) is 21.6. The third-order valence-corrected chi connectivity index (χ3v) is 8.25. The molecule has 1 saturated heterocycles. The van der Waals surface area contributed by atoms with Crippen molar-refractivity contribution in [2.45, 2.75) is 50.0 Å². The van der Waals surface area contributed by atoms with Crippen LogP contribution in [0.15, 0.2) is 29.3 Å². The minimum Gasteiger partial charge on any atom is -0.392 e. The maximum atomic E-state index is 12.8. The Bertz CT molecular complexity index is 761. The molecule has 0 bridgehead atoms. The van der Waals surface area contributed by atoms with Gasteiger partial charge in [-0.05, 0) is 24.0 Å². The van der Waals surface area contributed by atoms with Crippen LogP contribution in [0.5, 0.6) is 0 Å². The number of aliphatic hydroxyl groups excluding tert-OH is 1. The number of benzene rings is 1. The van der Waals surface area contributed by atoms with E-state index in [0.29, 0.717) is 19.6 Å². The third-order valence-electron chi connectivity index (χ3n) is 5.67. The monoisotopic (exact) mass is 507 g/mol. The minimum absolute atomic E-state index is 0. The second kappa shape index (κ2) is 9.56. The highest BCUT2D eigenvalue weighted by Gasteiger charge is 2.48. The SMILES string of the molecule is CN=C(NCc1cccc(CO)c1)N1CCS(=O)(=O)C2(CCCCC2)C1.I. The number of aliphatic hydroxyl groups is 1. The second-order valence-electron chi connectivity index (χ2n) is 7.36. The van der Waals surface area contributed by atoms with Crippen LogP contribution in [0.1, 0.15) is 43.2 Å². The number of nitrogens with one attached hydrogen (secondary N) is 1. The molecule has 1 aromatic rings. The zero-order valence-electron chi connectivity index (χ0n) is 15.9. The molecule has 1 saturated carbocycles. The van der Waals surface area contributed by atoms with E-state index in [4.69, 9.17) is 0 Å². The zero-order chi connectivity index (χ0) is 18.6. The summed E-state index contributed by atoms with van der Waals surface area (Å²) in [5.41, 5.74) is 1.94. The smallest absolute Gasteiger partial charge is 0.193 e. The third kappa shape index (κ3) is 4.95. The summed E-state index contributed by atoms with van der Waals surface area (Å²) in [6, 6.07) is 7.78. The summed E-state index contributed by atoms with van der Waals surface area (Å²) in [5, 5.41) is 12.6. The highest BCUT2D eigenvalue weighted by atomic mass is 127. The molecular weight excluding hydrogens is 477 g/mol. The van der Waals surface area contributed by atoms with Gasteiger partial charge in [0, 0.05) is 26.7 Å². The van der Waals surface area contributed by atoms with E-state index in [2.05, 4.69) is 15.2 Å². The number of halogens is 1. The van der Waals surface area contributed by atoms with E-state index in [1.807, 2.05) is 24.3 Å². The lowest BCUT2D eigenvalue weighted by Gasteiger charge is -2.45. The molecule has 1 aromatic carbocycles. The van der Waals surface area contributed by atoms with Crippen molar-refractivity contribution in [1.82, 2.24) is 10.2 Å². The first-order chi connectivity index (χ1) is 12.5. The first-order valence-corrected chi connectivity index (χ1v) is 11.0. The van der Waals surface area contributed by atoms with E-state index in [-0.39, 0.29) is 36.3 Å². The summed E-state index contributed by atoms with van der Waals surface area (Å²) in [7, 11) is -1.31. The van der Waals surface area contributed by atoms with E-state index in [0.717, 1.165) is 49.2 Å². The van der Waals surface area contributed by atoms with Gasteiger partial charge in [0.1, 0.15) is 0 Å².